The second-order valence-electron chi connectivity index (χ2n) is 5.50. The fourth-order valence-corrected chi connectivity index (χ4v) is 4.64. The summed E-state index contributed by atoms with van der Waals surface area (Å²) in [5.41, 5.74) is 1.08. The molecular weight excluding hydrogens is 383 g/mol. The van der Waals surface area contributed by atoms with Crippen molar-refractivity contribution in [3.63, 3.8) is 0 Å². The summed E-state index contributed by atoms with van der Waals surface area (Å²) in [5.74, 6) is -0.445. The molecule has 0 radical (unpaired) electrons. The van der Waals surface area contributed by atoms with Gasteiger partial charge in [-0.25, -0.2) is 8.70 Å². The molecule has 2 aromatic carbocycles. The molecule has 23 heavy (non-hydrogen) atoms. The summed E-state index contributed by atoms with van der Waals surface area (Å²) in [5, 5.41) is 0.681. The van der Waals surface area contributed by atoms with Crippen molar-refractivity contribution in [3.8, 4) is 0 Å². The van der Waals surface area contributed by atoms with Crippen molar-refractivity contribution in [2.45, 2.75) is 6.92 Å². The van der Waals surface area contributed by atoms with E-state index < -0.39 is 16.0 Å². The number of hydrogen-bond acceptors (Lipinski definition) is 2. The van der Waals surface area contributed by atoms with Gasteiger partial charge in [-0.15, -0.1) is 0 Å². The molecule has 1 aliphatic rings. The lowest BCUT2D eigenvalue weighted by molar-refractivity contribution is 0.581. The van der Waals surface area contributed by atoms with Gasteiger partial charge in [0, 0.05) is 11.9 Å². The second kappa shape index (κ2) is 6.13. The van der Waals surface area contributed by atoms with Gasteiger partial charge in [0.2, 0.25) is 0 Å². The molecule has 3 rings (SSSR count). The number of para-hydroxylation sites is 3. The molecule has 1 aliphatic heterocycles. The summed E-state index contributed by atoms with van der Waals surface area (Å²) >= 11 is 3.38. The van der Waals surface area contributed by atoms with Gasteiger partial charge < -0.3 is 0 Å². The molecule has 0 N–H and O–H groups in total. The molecule has 0 spiro atoms. The quantitative estimate of drug-likeness (QED) is 0.728. The number of anilines is 3. The third-order valence-electron chi connectivity index (χ3n) is 3.69. The van der Waals surface area contributed by atoms with Gasteiger partial charge in [-0.05, 0) is 30.2 Å². The normalized spacial score (nSPS) is 17.2. The Morgan fingerprint density at radius 2 is 1.61 bits per heavy atom. The van der Waals surface area contributed by atoms with Crippen molar-refractivity contribution in [2.75, 3.05) is 20.5 Å². The van der Waals surface area contributed by atoms with E-state index in [1.807, 2.05) is 6.92 Å². The zero-order valence-electron chi connectivity index (χ0n) is 12.5. The highest BCUT2D eigenvalue weighted by molar-refractivity contribution is 9.09. The highest BCUT2D eigenvalue weighted by Gasteiger charge is 2.42. The van der Waals surface area contributed by atoms with Gasteiger partial charge in [0.1, 0.15) is 5.82 Å². The van der Waals surface area contributed by atoms with Crippen LogP contribution >= 0.6 is 15.9 Å². The SMILES string of the molecule is C[C@H](CBr)CN1c2ccccc2N(c2ccccc2F)S1(=O)=O. The molecule has 0 unspecified atom stereocenters. The highest BCUT2D eigenvalue weighted by atomic mass is 79.9. The zero-order valence-corrected chi connectivity index (χ0v) is 14.9. The first-order valence-corrected chi connectivity index (χ1v) is 9.71. The van der Waals surface area contributed by atoms with Crippen LogP contribution in [0.15, 0.2) is 48.5 Å². The van der Waals surface area contributed by atoms with E-state index in [4.69, 9.17) is 0 Å². The van der Waals surface area contributed by atoms with Gasteiger partial charge in [0.15, 0.2) is 0 Å². The van der Waals surface area contributed by atoms with Crippen LogP contribution in [-0.2, 0) is 10.2 Å². The Labute approximate surface area is 143 Å². The van der Waals surface area contributed by atoms with E-state index in [1.165, 1.54) is 22.5 Å². The number of halogens is 2. The third kappa shape index (κ3) is 2.72. The van der Waals surface area contributed by atoms with Crippen molar-refractivity contribution in [3.05, 3.63) is 54.3 Å². The Bertz CT molecular complexity index is 828. The molecule has 0 aromatic heterocycles. The first-order chi connectivity index (χ1) is 11.0. The van der Waals surface area contributed by atoms with E-state index in [-0.39, 0.29) is 11.6 Å². The summed E-state index contributed by atoms with van der Waals surface area (Å²) in [7, 11) is -3.86. The van der Waals surface area contributed by atoms with Crippen LogP contribution in [0.25, 0.3) is 0 Å². The van der Waals surface area contributed by atoms with Gasteiger partial charge in [-0.3, -0.25) is 4.31 Å². The molecule has 0 fully saturated rings. The van der Waals surface area contributed by atoms with Crippen molar-refractivity contribution >= 4 is 43.2 Å². The van der Waals surface area contributed by atoms with E-state index >= 15 is 0 Å². The van der Waals surface area contributed by atoms with Crippen LogP contribution < -0.4 is 8.61 Å². The Morgan fingerprint density at radius 3 is 2.22 bits per heavy atom. The van der Waals surface area contributed by atoms with E-state index in [2.05, 4.69) is 15.9 Å². The number of benzene rings is 2. The lowest BCUT2D eigenvalue weighted by atomic mass is 10.2. The fraction of sp³-hybridized carbons (Fsp3) is 0.250. The molecule has 7 heteroatoms. The predicted molar refractivity (Wildman–Crippen MR) is 94.2 cm³/mol. The van der Waals surface area contributed by atoms with Crippen LogP contribution in [0.2, 0.25) is 0 Å². The average Bonchev–Trinajstić information content (AvgIpc) is 2.75. The molecule has 4 nitrogen and oxygen atoms in total. The predicted octanol–water partition coefficient (Wildman–Crippen LogP) is 4.06. The van der Waals surface area contributed by atoms with Gasteiger partial charge in [0.05, 0.1) is 17.1 Å². The van der Waals surface area contributed by atoms with E-state index in [1.54, 1.807) is 30.3 Å². The van der Waals surface area contributed by atoms with Gasteiger partial charge >= 0.3 is 10.2 Å². The topological polar surface area (TPSA) is 40.6 Å². The smallest absolute Gasteiger partial charge is 0.251 e. The highest BCUT2D eigenvalue weighted by Crippen LogP contribution is 2.46. The number of alkyl halides is 1. The van der Waals surface area contributed by atoms with Crippen molar-refractivity contribution in [1.82, 2.24) is 0 Å². The minimum absolute atomic E-state index is 0.0361. The van der Waals surface area contributed by atoms with Gasteiger partial charge in [-0.1, -0.05) is 47.1 Å². The zero-order chi connectivity index (χ0) is 16.6. The summed E-state index contributed by atoms with van der Waals surface area (Å²) in [4.78, 5) is 0. The number of rotatable bonds is 4. The van der Waals surface area contributed by atoms with Crippen LogP contribution in [0.5, 0.6) is 0 Å². The molecule has 0 aliphatic carbocycles. The van der Waals surface area contributed by atoms with E-state index in [9.17, 15) is 12.8 Å². The lowest BCUT2D eigenvalue weighted by Crippen LogP contribution is -2.38. The summed E-state index contributed by atoms with van der Waals surface area (Å²) in [6, 6.07) is 12.9. The summed E-state index contributed by atoms with van der Waals surface area (Å²) in [6.45, 7) is 2.29. The molecule has 122 valence electrons. The largest absolute Gasteiger partial charge is 0.331 e. The Hall–Kier alpha value is -1.60. The first kappa shape index (κ1) is 16.3. The van der Waals surface area contributed by atoms with Crippen molar-refractivity contribution < 1.29 is 12.8 Å². The minimum atomic E-state index is -3.86. The van der Waals surface area contributed by atoms with Crippen LogP contribution in [0, 0.1) is 11.7 Å². The Balaban J connectivity index is 2.17. The second-order valence-corrected chi connectivity index (χ2v) is 7.85. The van der Waals surface area contributed by atoms with Crippen LogP contribution in [0.4, 0.5) is 21.5 Å². The van der Waals surface area contributed by atoms with Gasteiger partial charge in [-0.2, -0.15) is 8.42 Å². The molecule has 0 amide bonds. The first-order valence-electron chi connectivity index (χ1n) is 7.19. The van der Waals surface area contributed by atoms with Crippen molar-refractivity contribution in [1.29, 1.82) is 0 Å². The molecule has 1 atom stereocenters. The summed E-state index contributed by atoms with van der Waals surface area (Å²) in [6.07, 6.45) is 0. The van der Waals surface area contributed by atoms with Crippen LogP contribution in [-0.4, -0.2) is 20.3 Å². The average molecular weight is 399 g/mol. The van der Waals surface area contributed by atoms with Crippen LogP contribution in [0.1, 0.15) is 6.92 Å². The number of nitrogens with zero attached hydrogens (tertiary/aromatic N) is 2. The maximum absolute atomic E-state index is 14.2. The Kier molecular flexibility index (Phi) is 4.33. The Morgan fingerprint density at radius 1 is 1.04 bits per heavy atom. The van der Waals surface area contributed by atoms with E-state index in [0.29, 0.717) is 23.2 Å². The molecule has 0 saturated carbocycles. The minimum Gasteiger partial charge on any atom is -0.251 e. The fourth-order valence-electron chi connectivity index (χ4n) is 2.59. The standard InChI is InChI=1S/C16H16BrFN2O2S/c1-12(10-17)11-19-15-8-4-5-9-16(15)20(23(19,21)22)14-7-3-2-6-13(14)18/h2-9,12H,10-11H2,1H3/t12-/m1/s1. The molecule has 1 heterocycles. The maximum Gasteiger partial charge on any atom is 0.331 e. The summed E-state index contributed by atoms with van der Waals surface area (Å²) < 4.78 is 42.7. The van der Waals surface area contributed by atoms with Gasteiger partial charge in [0.25, 0.3) is 0 Å². The molecule has 0 bridgehead atoms. The number of hydrogen-bond donors (Lipinski definition) is 0. The van der Waals surface area contributed by atoms with E-state index in [0.717, 1.165) is 4.31 Å². The third-order valence-corrected chi connectivity index (χ3v) is 6.55. The monoisotopic (exact) mass is 398 g/mol. The molecule has 2 aromatic rings. The lowest BCUT2D eigenvalue weighted by Gasteiger charge is -2.23. The van der Waals surface area contributed by atoms with Crippen LogP contribution in [0.3, 0.4) is 0 Å². The molecular formula is C16H16BrFN2O2S. The number of fused-ring (bicyclic) bond motifs is 1. The molecule has 0 saturated heterocycles. The maximum atomic E-state index is 14.2. The van der Waals surface area contributed by atoms with Crippen molar-refractivity contribution in [2.24, 2.45) is 5.92 Å².